The Bertz CT molecular complexity index is 549. The molecule has 0 saturated heterocycles. The number of aryl methyl sites for hydroxylation is 1. The Kier molecular flexibility index (Phi) is 3.46. The Morgan fingerprint density at radius 3 is 2.78 bits per heavy atom. The summed E-state index contributed by atoms with van der Waals surface area (Å²) in [6.07, 6.45) is 1.56. The molecule has 94 valence electrons. The Hall–Kier alpha value is -2.10. The third kappa shape index (κ3) is 2.59. The molecule has 1 unspecified atom stereocenters. The number of benzene rings is 1. The zero-order valence-electron chi connectivity index (χ0n) is 10.2. The quantitative estimate of drug-likeness (QED) is 0.904. The van der Waals surface area contributed by atoms with Crippen LogP contribution in [0.5, 0.6) is 0 Å². The molecule has 1 heterocycles. The van der Waals surface area contributed by atoms with E-state index in [4.69, 9.17) is 4.42 Å². The second kappa shape index (κ2) is 5.04. The monoisotopic (exact) mass is 247 g/mol. The van der Waals surface area contributed by atoms with E-state index in [1.807, 2.05) is 6.92 Å². The van der Waals surface area contributed by atoms with Crippen molar-refractivity contribution in [2.45, 2.75) is 19.9 Å². The SMILES string of the molecule is Cc1cc(F)ccc1C(=O)NC(C)c1ccco1. The van der Waals surface area contributed by atoms with Crippen molar-refractivity contribution in [3.05, 3.63) is 59.3 Å². The van der Waals surface area contributed by atoms with Crippen LogP contribution in [-0.4, -0.2) is 5.91 Å². The number of halogens is 1. The number of carbonyl (C=O) groups is 1. The molecular weight excluding hydrogens is 233 g/mol. The van der Waals surface area contributed by atoms with Crippen LogP contribution in [0.25, 0.3) is 0 Å². The highest BCUT2D eigenvalue weighted by Gasteiger charge is 2.15. The summed E-state index contributed by atoms with van der Waals surface area (Å²) >= 11 is 0. The summed E-state index contributed by atoms with van der Waals surface area (Å²) in [5.74, 6) is 0.0997. The zero-order valence-corrected chi connectivity index (χ0v) is 10.2. The predicted molar refractivity (Wildman–Crippen MR) is 65.7 cm³/mol. The van der Waals surface area contributed by atoms with Crippen LogP contribution in [0.2, 0.25) is 0 Å². The highest BCUT2D eigenvalue weighted by Crippen LogP contribution is 2.15. The fourth-order valence-corrected chi connectivity index (χ4v) is 1.77. The van der Waals surface area contributed by atoms with E-state index in [1.54, 1.807) is 25.3 Å². The third-order valence-electron chi connectivity index (χ3n) is 2.75. The summed E-state index contributed by atoms with van der Waals surface area (Å²) in [4.78, 5) is 12.0. The molecule has 0 radical (unpaired) electrons. The van der Waals surface area contributed by atoms with Crippen LogP contribution < -0.4 is 5.32 Å². The lowest BCUT2D eigenvalue weighted by atomic mass is 10.1. The molecule has 0 bridgehead atoms. The van der Waals surface area contributed by atoms with Crippen molar-refractivity contribution in [3.63, 3.8) is 0 Å². The standard InChI is InChI=1S/C14H14FNO2/c1-9-8-11(15)5-6-12(9)14(17)16-10(2)13-4-3-7-18-13/h3-8,10H,1-2H3,(H,16,17). The average molecular weight is 247 g/mol. The van der Waals surface area contributed by atoms with Gasteiger partial charge in [-0.3, -0.25) is 4.79 Å². The van der Waals surface area contributed by atoms with Gasteiger partial charge in [-0.2, -0.15) is 0 Å². The Morgan fingerprint density at radius 1 is 1.39 bits per heavy atom. The first-order valence-electron chi connectivity index (χ1n) is 5.68. The number of amides is 1. The van der Waals surface area contributed by atoms with Gasteiger partial charge in [-0.05, 0) is 49.7 Å². The first-order chi connectivity index (χ1) is 8.58. The molecule has 2 aromatic rings. The minimum Gasteiger partial charge on any atom is -0.467 e. The smallest absolute Gasteiger partial charge is 0.252 e. The minimum absolute atomic E-state index is 0.225. The molecule has 0 aliphatic carbocycles. The summed E-state index contributed by atoms with van der Waals surface area (Å²) in [6, 6.07) is 7.43. The lowest BCUT2D eigenvalue weighted by molar-refractivity contribution is 0.0934. The number of hydrogen-bond donors (Lipinski definition) is 1. The van der Waals surface area contributed by atoms with Gasteiger partial charge >= 0.3 is 0 Å². The van der Waals surface area contributed by atoms with E-state index in [2.05, 4.69) is 5.32 Å². The number of rotatable bonds is 3. The largest absolute Gasteiger partial charge is 0.467 e. The van der Waals surface area contributed by atoms with Gasteiger partial charge in [-0.1, -0.05) is 0 Å². The highest BCUT2D eigenvalue weighted by molar-refractivity contribution is 5.95. The van der Waals surface area contributed by atoms with Crippen molar-refractivity contribution in [1.82, 2.24) is 5.32 Å². The number of nitrogens with one attached hydrogen (secondary N) is 1. The van der Waals surface area contributed by atoms with Crippen LogP contribution in [0.15, 0.2) is 41.0 Å². The molecule has 0 aliphatic rings. The highest BCUT2D eigenvalue weighted by atomic mass is 19.1. The molecule has 0 fully saturated rings. The van der Waals surface area contributed by atoms with E-state index < -0.39 is 0 Å². The van der Waals surface area contributed by atoms with Crippen LogP contribution >= 0.6 is 0 Å². The molecule has 1 aromatic heterocycles. The Morgan fingerprint density at radius 2 is 2.17 bits per heavy atom. The third-order valence-corrected chi connectivity index (χ3v) is 2.75. The van der Waals surface area contributed by atoms with Crippen molar-refractivity contribution in [2.24, 2.45) is 0 Å². The molecule has 1 atom stereocenters. The van der Waals surface area contributed by atoms with Gasteiger partial charge in [0.2, 0.25) is 0 Å². The summed E-state index contributed by atoms with van der Waals surface area (Å²) in [7, 11) is 0. The predicted octanol–water partition coefficient (Wildman–Crippen LogP) is 3.22. The molecule has 0 saturated carbocycles. The van der Waals surface area contributed by atoms with Gasteiger partial charge in [0.1, 0.15) is 11.6 Å². The molecule has 0 spiro atoms. The molecule has 1 aromatic carbocycles. The van der Waals surface area contributed by atoms with Gasteiger partial charge in [-0.25, -0.2) is 4.39 Å². The maximum absolute atomic E-state index is 13.0. The lowest BCUT2D eigenvalue weighted by Crippen LogP contribution is -2.27. The first-order valence-corrected chi connectivity index (χ1v) is 5.68. The van der Waals surface area contributed by atoms with Gasteiger partial charge in [0.25, 0.3) is 5.91 Å². The molecule has 18 heavy (non-hydrogen) atoms. The number of furan rings is 1. The van der Waals surface area contributed by atoms with E-state index in [9.17, 15) is 9.18 Å². The van der Waals surface area contributed by atoms with E-state index in [0.29, 0.717) is 16.9 Å². The van der Waals surface area contributed by atoms with E-state index in [1.165, 1.54) is 18.2 Å². The van der Waals surface area contributed by atoms with Crippen LogP contribution in [-0.2, 0) is 0 Å². The van der Waals surface area contributed by atoms with E-state index in [-0.39, 0.29) is 17.8 Å². The van der Waals surface area contributed by atoms with Gasteiger partial charge in [0, 0.05) is 5.56 Å². The summed E-state index contributed by atoms with van der Waals surface area (Å²) in [5.41, 5.74) is 1.08. The van der Waals surface area contributed by atoms with Crippen molar-refractivity contribution in [1.29, 1.82) is 0 Å². The fourth-order valence-electron chi connectivity index (χ4n) is 1.77. The van der Waals surface area contributed by atoms with Gasteiger partial charge in [0.05, 0.1) is 12.3 Å². The van der Waals surface area contributed by atoms with E-state index in [0.717, 1.165) is 0 Å². The number of carbonyl (C=O) groups excluding carboxylic acids is 1. The minimum atomic E-state index is -0.344. The Balaban J connectivity index is 2.12. The van der Waals surface area contributed by atoms with Crippen LogP contribution in [0.3, 0.4) is 0 Å². The van der Waals surface area contributed by atoms with Crippen molar-refractivity contribution in [2.75, 3.05) is 0 Å². The maximum Gasteiger partial charge on any atom is 0.252 e. The Labute approximate surface area is 105 Å². The van der Waals surface area contributed by atoms with Crippen molar-refractivity contribution in [3.8, 4) is 0 Å². The van der Waals surface area contributed by atoms with Crippen LogP contribution in [0, 0.1) is 12.7 Å². The zero-order chi connectivity index (χ0) is 13.1. The molecule has 2 rings (SSSR count). The second-order valence-corrected chi connectivity index (χ2v) is 4.17. The first kappa shape index (κ1) is 12.4. The average Bonchev–Trinajstić information content (AvgIpc) is 2.81. The van der Waals surface area contributed by atoms with E-state index >= 15 is 0 Å². The van der Waals surface area contributed by atoms with Gasteiger partial charge < -0.3 is 9.73 Å². The molecule has 1 amide bonds. The maximum atomic E-state index is 13.0. The molecular formula is C14H14FNO2. The summed E-state index contributed by atoms with van der Waals surface area (Å²) < 4.78 is 18.2. The molecule has 1 N–H and O–H groups in total. The van der Waals surface area contributed by atoms with Crippen molar-refractivity contribution >= 4 is 5.91 Å². The molecule has 0 aliphatic heterocycles. The summed E-state index contributed by atoms with van der Waals surface area (Å²) in [5, 5.41) is 2.80. The number of hydrogen-bond acceptors (Lipinski definition) is 2. The fraction of sp³-hybridized carbons (Fsp3) is 0.214. The lowest BCUT2D eigenvalue weighted by Gasteiger charge is -2.12. The second-order valence-electron chi connectivity index (χ2n) is 4.17. The topological polar surface area (TPSA) is 42.2 Å². The normalized spacial score (nSPS) is 12.2. The van der Waals surface area contributed by atoms with Gasteiger partial charge in [-0.15, -0.1) is 0 Å². The van der Waals surface area contributed by atoms with Crippen LogP contribution in [0.1, 0.15) is 34.6 Å². The van der Waals surface area contributed by atoms with Gasteiger partial charge in [0.15, 0.2) is 0 Å². The van der Waals surface area contributed by atoms with Crippen molar-refractivity contribution < 1.29 is 13.6 Å². The molecule has 4 heteroatoms. The van der Waals surface area contributed by atoms with Crippen LogP contribution in [0.4, 0.5) is 4.39 Å². The summed E-state index contributed by atoms with van der Waals surface area (Å²) in [6.45, 7) is 3.53. The molecule has 3 nitrogen and oxygen atoms in total.